The van der Waals surface area contributed by atoms with Gasteiger partial charge < -0.3 is 10.3 Å². The van der Waals surface area contributed by atoms with Crippen LogP contribution < -0.4 is 5.73 Å². The predicted molar refractivity (Wildman–Crippen MR) is 71.2 cm³/mol. The molecule has 2 atom stereocenters. The van der Waals surface area contributed by atoms with Crippen molar-refractivity contribution in [1.29, 1.82) is 0 Å². The van der Waals surface area contributed by atoms with E-state index in [1.165, 1.54) is 11.3 Å². The fraction of sp³-hybridized carbons (Fsp3) is 0.692. The Kier molecular flexibility index (Phi) is 2.61. The van der Waals surface area contributed by atoms with Crippen LogP contribution in [-0.2, 0) is 21.8 Å². The van der Waals surface area contributed by atoms with Gasteiger partial charge in [-0.3, -0.25) is 0 Å². The van der Waals surface area contributed by atoms with Crippen molar-refractivity contribution >= 4 is 9.84 Å². The van der Waals surface area contributed by atoms with Gasteiger partial charge in [0, 0.05) is 17.9 Å². The van der Waals surface area contributed by atoms with Gasteiger partial charge in [0.1, 0.15) is 0 Å². The maximum atomic E-state index is 11.7. The lowest BCUT2D eigenvalue weighted by Gasteiger charge is -2.30. The molecule has 1 aliphatic carbocycles. The second-order valence-corrected chi connectivity index (χ2v) is 8.11. The molecule has 1 aliphatic heterocycles. The number of sulfone groups is 1. The Morgan fingerprint density at radius 1 is 1.50 bits per heavy atom. The lowest BCUT2D eigenvalue weighted by Crippen LogP contribution is -2.33. The standard InChI is InChI=1S/C13H20N2O2S/c1-13(6-8-18(16,17)9-13)15-7-5-10-11(14)3-2-4-12(10)15/h5,7,11H,2-4,6,8-9,14H2,1H3. The van der Waals surface area contributed by atoms with Crippen molar-refractivity contribution in [1.82, 2.24) is 4.57 Å². The minimum absolute atomic E-state index is 0.122. The lowest BCUT2D eigenvalue weighted by atomic mass is 9.92. The first-order valence-corrected chi connectivity index (χ1v) is 8.40. The van der Waals surface area contributed by atoms with E-state index in [1.54, 1.807) is 0 Å². The molecular weight excluding hydrogens is 248 g/mol. The summed E-state index contributed by atoms with van der Waals surface area (Å²) in [7, 11) is -2.87. The van der Waals surface area contributed by atoms with Crippen LogP contribution in [0.4, 0.5) is 0 Å². The third-order valence-electron chi connectivity index (χ3n) is 4.42. The van der Waals surface area contributed by atoms with E-state index in [2.05, 4.69) is 17.6 Å². The second-order valence-electron chi connectivity index (χ2n) is 5.93. The molecule has 1 aromatic heterocycles. The van der Waals surface area contributed by atoms with Crippen LogP contribution in [0.25, 0.3) is 0 Å². The molecule has 3 rings (SSSR count). The van der Waals surface area contributed by atoms with Crippen molar-refractivity contribution in [3.63, 3.8) is 0 Å². The van der Waals surface area contributed by atoms with E-state index in [-0.39, 0.29) is 17.3 Å². The third kappa shape index (κ3) is 1.80. The highest BCUT2D eigenvalue weighted by Crippen LogP contribution is 2.37. The van der Waals surface area contributed by atoms with Gasteiger partial charge in [0.25, 0.3) is 0 Å². The highest BCUT2D eigenvalue weighted by molar-refractivity contribution is 7.91. The first kappa shape index (κ1) is 12.2. The highest BCUT2D eigenvalue weighted by atomic mass is 32.2. The molecule has 0 amide bonds. The van der Waals surface area contributed by atoms with E-state index in [0.29, 0.717) is 12.2 Å². The molecule has 5 heteroatoms. The summed E-state index contributed by atoms with van der Waals surface area (Å²) < 4.78 is 25.7. The number of hydrogen-bond acceptors (Lipinski definition) is 3. The molecule has 1 aromatic rings. The maximum absolute atomic E-state index is 11.7. The van der Waals surface area contributed by atoms with E-state index in [1.807, 2.05) is 6.20 Å². The minimum Gasteiger partial charge on any atom is -0.344 e. The summed E-state index contributed by atoms with van der Waals surface area (Å²) in [4.78, 5) is 0. The van der Waals surface area contributed by atoms with Gasteiger partial charge in [0.2, 0.25) is 0 Å². The molecule has 2 heterocycles. The van der Waals surface area contributed by atoms with Crippen LogP contribution in [0.2, 0.25) is 0 Å². The summed E-state index contributed by atoms with van der Waals surface area (Å²) in [5.74, 6) is 0.568. The summed E-state index contributed by atoms with van der Waals surface area (Å²) in [5, 5.41) is 0. The molecule has 1 fully saturated rings. The Bertz CT molecular complexity index is 576. The number of rotatable bonds is 1. The molecule has 0 radical (unpaired) electrons. The van der Waals surface area contributed by atoms with Crippen molar-refractivity contribution < 1.29 is 8.42 Å². The Hall–Kier alpha value is -0.810. The van der Waals surface area contributed by atoms with Crippen molar-refractivity contribution in [3.05, 3.63) is 23.5 Å². The zero-order valence-corrected chi connectivity index (χ0v) is 11.5. The molecule has 4 nitrogen and oxygen atoms in total. The fourth-order valence-electron chi connectivity index (χ4n) is 3.42. The average molecular weight is 268 g/mol. The molecule has 0 aromatic carbocycles. The average Bonchev–Trinajstić information content (AvgIpc) is 2.82. The molecule has 100 valence electrons. The van der Waals surface area contributed by atoms with Crippen LogP contribution in [0.1, 0.15) is 43.5 Å². The molecule has 18 heavy (non-hydrogen) atoms. The van der Waals surface area contributed by atoms with E-state index >= 15 is 0 Å². The summed E-state index contributed by atoms with van der Waals surface area (Å²) in [6, 6.07) is 2.20. The van der Waals surface area contributed by atoms with Gasteiger partial charge in [-0.1, -0.05) is 0 Å². The number of hydrogen-bond donors (Lipinski definition) is 1. The SMILES string of the molecule is CC1(n2ccc3c2CCCC3N)CCS(=O)(=O)C1. The topological polar surface area (TPSA) is 65.1 Å². The van der Waals surface area contributed by atoms with Gasteiger partial charge >= 0.3 is 0 Å². The van der Waals surface area contributed by atoms with Crippen LogP contribution in [-0.4, -0.2) is 24.5 Å². The van der Waals surface area contributed by atoms with E-state index in [0.717, 1.165) is 19.3 Å². The molecule has 0 saturated carbocycles. The summed E-state index contributed by atoms with van der Waals surface area (Å²) in [5.41, 5.74) is 8.32. The van der Waals surface area contributed by atoms with Gasteiger partial charge in [0.05, 0.1) is 17.0 Å². The van der Waals surface area contributed by atoms with Crippen molar-refractivity contribution in [2.24, 2.45) is 5.73 Å². The first-order chi connectivity index (χ1) is 8.41. The zero-order valence-electron chi connectivity index (χ0n) is 10.7. The van der Waals surface area contributed by atoms with Crippen LogP contribution in [0.3, 0.4) is 0 Å². The predicted octanol–water partition coefficient (Wildman–Crippen LogP) is 1.36. The number of fused-ring (bicyclic) bond motifs is 1. The highest BCUT2D eigenvalue weighted by Gasteiger charge is 2.41. The van der Waals surface area contributed by atoms with E-state index < -0.39 is 9.84 Å². The van der Waals surface area contributed by atoms with Crippen molar-refractivity contribution in [2.75, 3.05) is 11.5 Å². The maximum Gasteiger partial charge on any atom is 0.152 e. The van der Waals surface area contributed by atoms with E-state index in [4.69, 9.17) is 5.73 Å². The quantitative estimate of drug-likeness (QED) is 0.836. The molecule has 2 aliphatic rings. The van der Waals surface area contributed by atoms with Gasteiger partial charge in [0.15, 0.2) is 9.84 Å². The molecule has 2 N–H and O–H groups in total. The van der Waals surface area contributed by atoms with Crippen LogP contribution >= 0.6 is 0 Å². The Morgan fingerprint density at radius 2 is 2.28 bits per heavy atom. The van der Waals surface area contributed by atoms with Crippen LogP contribution in [0.5, 0.6) is 0 Å². The van der Waals surface area contributed by atoms with Crippen LogP contribution in [0.15, 0.2) is 12.3 Å². The Balaban J connectivity index is 2.04. The number of aromatic nitrogens is 1. The fourth-order valence-corrected chi connectivity index (χ4v) is 5.54. The van der Waals surface area contributed by atoms with Crippen molar-refractivity contribution in [2.45, 2.75) is 44.2 Å². The van der Waals surface area contributed by atoms with Gasteiger partial charge in [-0.2, -0.15) is 0 Å². The lowest BCUT2D eigenvalue weighted by molar-refractivity contribution is 0.349. The molecular formula is C13H20N2O2S. The number of nitrogens with zero attached hydrogens (tertiary/aromatic N) is 1. The van der Waals surface area contributed by atoms with Gasteiger partial charge in [-0.25, -0.2) is 8.42 Å². The van der Waals surface area contributed by atoms with Gasteiger partial charge in [-0.05, 0) is 44.2 Å². The Morgan fingerprint density at radius 3 is 2.94 bits per heavy atom. The van der Waals surface area contributed by atoms with Crippen LogP contribution in [0, 0.1) is 0 Å². The minimum atomic E-state index is -2.87. The molecule has 0 spiro atoms. The molecule has 1 saturated heterocycles. The third-order valence-corrected chi connectivity index (χ3v) is 6.31. The first-order valence-electron chi connectivity index (χ1n) is 6.58. The van der Waals surface area contributed by atoms with Crippen molar-refractivity contribution in [3.8, 4) is 0 Å². The normalized spacial score (nSPS) is 34.4. The smallest absolute Gasteiger partial charge is 0.152 e. The summed E-state index contributed by atoms with van der Waals surface area (Å²) >= 11 is 0. The van der Waals surface area contributed by atoms with Gasteiger partial charge in [-0.15, -0.1) is 0 Å². The summed E-state index contributed by atoms with van der Waals surface area (Å²) in [6.07, 6.45) is 5.90. The zero-order chi connectivity index (χ0) is 13.0. The number of nitrogens with two attached hydrogens (primary N) is 1. The molecule has 0 bridgehead atoms. The largest absolute Gasteiger partial charge is 0.344 e. The second kappa shape index (κ2) is 3.84. The van der Waals surface area contributed by atoms with E-state index in [9.17, 15) is 8.42 Å². The Labute approximate surface area is 108 Å². The molecule has 2 unspecified atom stereocenters. The monoisotopic (exact) mass is 268 g/mol. The summed E-state index contributed by atoms with van der Waals surface area (Å²) in [6.45, 7) is 2.05.